The zero-order valence-electron chi connectivity index (χ0n) is 12.0. The normalized spacial score (nSPS) is 12.9. The number of hydroxylamine groups is 2. The van der Waals surface area contributed by atoms with Crippen molar-refractivity contribution in [3.05, 3.63) is 49.5 Å². The molecule has 0 atom stereocenters. The summed E-state index contributed by atoms with van der Waals surface area (Å²) >= 11 is 0. The summed E-state index contributed by atoms with van der Waals surface area (Å²) in [7, 11) is 0. The Morgan fingerprint density at radius 2 is 2.00 bits per heavy atom. The van der Waals surface area contributed by atoms with Crippen LogP contribution in [0.15, 0.2) is 49.5 Å². The van der Waals surface area contributed by atoms with Crippen molar-refractivity contribution >= 4 is 0 Å². The fourth-order valence-electron chi connectivity index (χ4n) is 1.50. The Labute approximate surface area is 115 Å². The Kier molecular flexibility index (Phi) is 7.21. The fourth-order valence-corrected chi connectivity index (χ4v) is 1.50. The first-order valence-corrected chi connectivity index (χ1v) is 5.99. The van der Waals surface area contributed by atoms with Gasteiger partial charge >= 0.3 is 0 Å². The number of hydrogen-bond acceptors (Lipinski definition) is 6. The second kappa shape index (κ2) is 8.10. The van der Waals surface area contributed by atoms with Gasteiger partial charge in [-0.25, -0.2) is 5.48 Å². The van der Waals surface area contributed by atoms with E-state index in [1.54, 1.807) is 4.90 Å². The molecule has 0 unspecified atom stereocenters. The highest BCUT2D eigenvalue weighted by molar-refractivity contribution is 5.03. The largest absolute Gasteiger partial charge is 0.363 e. The van der Waals surface area contributed by atoms with Gasteiger partial charge in [0.15, 0.2) is 0 Å². The molecule has 1 rings (SSSR count). The van der Waals surface area contributed by atoms with E-state index in [0.717, 1.165) is 24.6 Å². The van der Waals surface area contributed by atoms with Crippen molar-refractivity contribution in [1.82, 2.24) is 20.8 Å². The summed E-state index contributed by atoms with van der Waals surface area (Å²) in [4.78, 5) is 8.46. The third-order valence-electron chi connectivity index (χ3n) is 2.46. The quantitative estimate of drug-likeness (QED) is 0.664. The van der Waals surface area contributed by atoms with Crippen LogP contribution in [0.5, 0.6) is 0 Å². The van der Waals surface area contributed by atoms with Crippen LogP contribution in [0.4, 0.5) is 0 Å². The van der Waals surface area contributed by atoms with Gasteiger partial charge in [-0.2, -0.15) is 0 Å². The first-order chi connectivity index (χ1) is 8.88. The molecule has 0 aromatic rings. The molecule has 0 aromatic carbocycles. The first kappa shape index (κ1) is 16.9. The van der Waals surface area contributed by atoms with Gasteiger partial charge in [-0.1, -0.05) is 19.7 Å². The van der Waals surface area contributed by atoms with Crippen LogP contribution in [0.2, 0.25) is 0 Å². The Morgan fingerprint density at radius 1 is 1.42 bits per heavy atom. The van der Waals surface area contributed by atoms with E-state index in [2.05, 4.69) is 31.8 Å². The lowest BCUT2D eigenvalue weighted by atomic mass is 10.4. The topological polar surface area (TPSA) is 60.0 Å². The molecule has 6 nitrogen and oxygen atoms in total. The second-order valence-corrected chi connectivity index (χ2v) is 3.83. The van der Waals surface area contributed by atoms with Gasteiger partial charge in [-0.15, -0.1) is 0 Å². The van der Waals surface area contributed by atoms with Crippen molar-refractivity contribution in [3.63, 3.8) is 0 Å². The minimum atomic E-state index is 0.454. The summed E-state index contributed by atoms with van der Waals surface area (Å²) in [5.41, 5.74) is 5.43. The summed E-state index contributed by atoms with van der Waals surface area (Å²) in [6, 6.07) is 0. The Morgan fingerprint density at radius 3 is 2.16 bits per heavy atom. The molecule has 0 amide bonds. The summed E-state index contributed by atoms with van der Waals surface area (Å²) < 4.78 is 0. The minimum Gasteiger partial charge on any atom is -0.363 e. The summed E-state index contributed by atoms with van der Waals surface area (Å²) in [5.74, 6) is 1.82. The van der Waals surface area contributed by atoms with Gasteiger partial charge in [0.25, 0.3) is 0 Å². The lowest BCUT2D eigenvalue weighted by Gasteiger charge is -2.23. The highest BCUT2D eigenvalue weighted by atomic mass is 16.7. The predicted octanol–water partition coefficient (Wildman–Crippen LogP) is 2.08. The van der Waals surface area contributed by atoms with Crippen molar-refractivity contribution in [2.24, 2.45) is 0 Å². The summed E-state index contributed by atoms with van der Waals surface area (Å²) in [6.07, 6.45) is 0. The number of rotatable bonds is 5. The van der Waals surface area contributed by atoms with E-state index in [-0.39, 0.29) is 0 Å². The molecule has 1 saturated heterocycles. The van der Waals surface area contributed by atoms with Gasteiger partial charge in [-0.3, -0.25) is 15.6 Å². The number of nitrogens with one attached hydrogen (secondary N) is 2. The standard InChI is InChI=1S/C7H14N2O.C6H10N2O/c1-5-9(6(2)3)7(4)8-10;1-4-8-5(2)7-9-6(8)3/h8,10H,2,4-5H2,1,3H3;7H,2-4H2,1H3. The first-order valence-electron chi connectivity index (χ1n) is 5.99. The molecule has 19 heavy (non-hydrogen) atoms. The van der Waals surface area contributed by atoms with Gasteiger partial charge in [0, 0.05) is 18.8 Å². The van der Waals surface area contributed by atoms with E-state index >= 15 is 0 Å². The highest BCUT2D eigenvalue weighted by Crippen LogP contribution is 2.14. The zero-order valence-corrected chi connectivity index (χ0v) is 12.0. The van der Waals surface area contributed by atoms with E-state index in [1.807, 2.05) is 31.2 Å². The molecule has 6 heteroatoms. The average Bonchev–Trinajstić information content (AvgIpc) is 2.69. The van der Waals surface area contributed by atoms with Crippen LogP contribution in [0.1, 0.15) is 20.8 Å². The monoisotopic (exact) mass is 268 g/mol. The third kappa shape index (κ3) is 4.97. The Balaban J connectivity index is 0.000000342. The second-order valence-electron chi connectivity index (χ2n) is 3.83. The fraction of sp³-hybridized carbons (Fsp3) is 0.385. The van der Waals surface area contributed by atoms with E-state index in [4.69, 9.17) is 10.0 Å². The molecule has 0 saturated carbocycles. The van der Waals surface area contributed by atoms with Gasteiger partial charge in [0.1, 0.15) is 11.6 Å². The lowest BCUT2D eigenvalue weighted by molar-refractivity contribution is 0.157. The number of nitrogens with zero attached hydrogens (tertiary/aromatic N) is 2. The smallest absolute Gasteiger partial charge is 0.220 e. The van der Waals surface area contributed by atoms with Crippen molar-refractivity contribution in [2.75, 3.05) is 13.1 Å². The van der Waals surface area contributed by atoms with Crippen LogP contribution in [-0.4, -0.2) is 28.1 Å². The maximum atomic E-state index is 8.45. The molecule has 0 aliphatic carbocycles. The lowest BCUT2D eigenvalue weighted by Crippen LogP contribution is -2.27. The van der Waals surface area contributed by atoms with E-state index in [9.17, 15) is 0 Å². The minimum absolute atomic E-state index is 0.454. The Hall–Kier alpha value is -2.08. The molecule has 1 heterocycles. The van der Waals surface area contributed by atoms with E-state index in [1.165, 1.54) is 0 Å². The van der Waals surface area contributed by atoms with Gasteiger partial charge < -0.3 is 9.74 Å². The maximum Gasteiger partial charge on any atom is 0.220 e. The van der Waals surface area contributed by atoms with Crippen LogP contribution in [0, 0.1) is 0 Å². The molecule has 3 N–H and O–H groups in total. The van der Waals surface area contributed by atoms with Crippen LogP contribution in [0.25, 0.3) is 0 Å². The van der Waals surface area contributed by atoms with Gasteiger partial charge in [-0.05, 0) is 27.4 Å². The van der Waals surface area contributed by atoms with Crippen LogP contribution >= 0.6 is 0 Å². The molecule has 0 bridgehead atoms. The van der Waals surface area contributed by atoms with Crippen LogP contribution in [0.3, 0.4) is 0 Å². The maximum absolute atomic E-state index is 8.45. The van der Waals surface area contributed by atoms with Gasteiger partial charge in [0.2, 0.25) is 5.88 Å². The van der Waals surface area contributed by atoms with E-state index in [0.29, 0.717) is 11.7 Å². The molecule has 0 spiro atoms. The molecule has 1 fully saturated rings. The number of allylic oxidation sites excluding steroid dienone is 1. The van der Waals surface area contributed by atoms with Crippen molar-refractivity contribution < 1.29 is 10.0 Å². The average molecular weight is 268 g/mol. The predicted molar refractivity (Wildman–Crippen MR) is 76.1 cm³/mol. The Bertz CT molecular complexity index is 350. The van der Waals surface area contributed by atoms with Crippen molar-refractivity contribution in [3.8, 4) is 0 Å². The van der Waals surface area contributed by atoms with Crippen molar-refractivity contribution in [2.45, 2.75) is 20.8 Å². The summed E-state index contributed by atoms with van der Waals surface area (Å²) in [5, 5.41) is 8.45. The molecular weight excluding hydrogens is 244 g/mol. The third-order valence-corrected chi connectivity index (χ3v) is 2.46. The SMILES string of the molecule is C=C(C)N(CC)C(=C)NO.C=C1NOC(=C)N1CC. The zero-order chi connectivity index (χ0) is 15.0. The van der Waals surface area contributed by atoms with Crippen LogP contribution < -0.4 is 11.0 Å². The van der Waals surface area contributed by atoms with Crippen molar-refractivity contribution in [1.29, 1.82) is 0 Å². The molecule has 0 radical (unpaired) electrons. The molecule has 1 aliphatic heterocycles. The molecule has 108 valence electrons. The van der Waals surface area contributed by atoms with E-state index < -0.39 is 0 Å². The molecular formula is C13H24N4O2. The molecule has 0 aromatic heterocycles. The van der Waals surface area contributed by atoms with Crippen LogP contribution in [-0.2, 0) is 4.84 Å². The highest BCUT2D eigenvalue weighted by Gasteiger charge is 2.17. The van der Waals surface area contributed by atoms with Gasteiger partial charge in [0.05, 0.1) is 0 Å². The summed E-state index contributed by atoms with van der Waals surface area (Å²) in [6.45, 7) is 22.0. The number of hydrogen-bond donors (Lipinski definition) is 3. The molecule has 1 aliphatic rings.